The summed E-state index contributed by atoms with van der Waals surface area (Å²) in [5, 5.41) is 2.62. The van der Waals surface area contributed by atoms with Crippen molar-refractivity contribution in [1.82, 2.24) is 4.98 Å². The lowest BCUT2D eigenvalue weighted by Crippen LogP contribution is -2.43. The summed E-state index contributed by atoms with van der Waals surface area (Å²) in [6, 6.07) is 2.27. The fourth-order valence-electron chi connectivity index (χ4n) is 1.44. The van der Waals surface area contributed by atoms with E-state index in [1.807, 2.05) is 6.20 Å². The van der Waals surface area contributed by atoms with Gasteiger partial charge < -0.3 is 4.74 Å². The van der Waals surface area contributed by atoms with Crippen molar-refractivity contribution in [3.63, 3.8) is 0 Å². The predicted molar refractivity (Wildman–Crippen MR) is 75.2 cm³/mol. The van der Waals surface area contributed by atoms with Crippen molar-refractivity contribution < 1.29 is 4.74 Å². The molecule has 0 saturated heterocycles. The van der Waals surface area contributed by atoms with Crippen LogP contribution in [0.1, 0.15) is 0 Å². The first-order valence-electron chi connectivity index (χ1n) is 5.41. The van der Waals surface area contributed by atoms with Gasteiger partial charge in [-0.3, -0.25) is 0 Å². The Morgan fingerprint density at radius 1 is 1.44 bits per heavy atom. The van der Waals surface area contributed by atoms with E-state index in [4.69, 9.17) is 4.74 Å². The number of hydrogen-bond donors (Lipinski definition) is 0. The summed E-state index contributed by atoms with van der Waals surface area (Å²) in [5.74, 6) is 0.788. The molecule has 1 aromatic rings. The molecule has 0 unspecified atom stereocenters. The second-order valence-corrected chi connectivity index (χ2v) is 11.7. The van der Waals surface area contributed by atoms with Crippen LogP contribution in [0.25, 0.3) is 0 Å². The van der Waals surface area contributed by atoms with Crippen LogP contribution in [0.15, 0.2) is 24.5 Å². The SMILES string of the molecule is C=C[Si](C)(C)c1cnc(OC)c([Si](C)C)c1. The Morgan fingerprint density at radius 3 is 2.50 bits per heavy atom. The molecule has 0 amide bonds. The van der Waals surface area contributed by atoms with Gasteiger partial charge in [0.15, 0.2) is 0 Å². The quantitative estimate of drug-likeness (QED) is 0.759. The standard InChI is InChI=1S/C12H20NOSi2/c1-7-16(5,6)10-8-11(15(3)4)12(14-2)13-9-10/h7-9H,1H2,2-6H3. The summed E-state index contributed by atoms with van der Waals surface area (Å²) in [6.07, 6.45) is 1.95. The van der Waals surface area contributed by atoms with Crippen LogP contribution in [0.5, 0.6) is 5.88 Å². The first kappa shape index (κ1) is 13.2. The molecule has 0 aliphatic carbocycles. The number of aromatic nitrogens is 1. The second-order valence-electron chi connectivity index (χ2n) is 4.71. The Kier molecular flexibility index (Phi) is 4.10. The minimum atomic E-state index is -1.50. The van der Waals surface area contributed by atoms with E-state index in [1.54, 1.807) is 7.11 Å². The summed E-state index contributed by atoms with van der Waals surface area (Å²) < 4.78 is 5.31. The molecule has 0 fully saturated rings. The van der Waals surface area contributed by atoms with Crippen molar-refractivity contribution in [2.45, 2.75) is 26.2 Å². The largest absolute Gasteiger partial charge is 0.481 e. The number of rotatable bonds is 4. The molecule has 1 aromatic heterocycles. The molecule has 1 radical (unpaired) electrons. The molecule has 0 bridgehead atoms. The van der Waals surface area contributed by atoms with E-state index < -0.39 is 16.9 Å². The summed E-state index contributed by atoms with van der Waals surface area (Å²) in [5.41, 5.74) is 2.10. The third kappa shape index (κ3) is 2.62. The monoisotopic (exact) mass is 250 g/mol. The van der Waals surface area contributed by atoms with Crippen LogP contribution in [-0.4, -0.2) is 29.0 Å². The molecule has 2 nitrogen and oxygen atoms in total. The average molecular weight is 250 g/mol. The van der Waals surface area contributed by atoms with Crippen molar-refractivity contribution in [2.24, 2.45) is 0 Å². The molecule has 0 N–H and O–H groups in total. The number of nitrogens with zero attached hydrogens (tertiary/aromatic N) is 1. The van der Waals surface area contributed by atoms with Gasteiger partial charge in [-0.25, -0.2) is 4.98 Å². The topological polar surface area (TPSA) is 22.1 Å². The van der Waals surface area contributed by atoms with Gasteiger partial charge >= 0.3 is 0 Å². The molecule has 4 heteroatoms. The van der Waals surface area contributed by atoms with Gasteiger partial charge in [0.1, 0.15) is 8.07 Å². The molecular weight excluding hydrogens is 230 g/mol. The van der Waals surface area contributed by atoms with E-state index >= 15 is 0 Å². The minimum absolute atomic E-state index is 0.543. The summed E-state index contributed by atoms with van der Waals surface area (Å²) in [4.78, 5) is 4.42. The lowest BCUT2D eigenvalue weighted by molar-refractivity contribution is 0.401. The highest BCUT2D eigenvalue weighted by Gasteiger charge is 2.22. The third-order valence-electron chi connectivity index (χ3n) is 2.84. The van der Waals surface area contributed by atoms with Crippen LogP contribution in [-0.2, 0) is 0 Å². The maximum Gasteiger partial charge on any atom is 0.211 e. The van der Waals surface area contributed by atoms with Crippen LogP contribution in [0.4, 0.5) is 0 Å². The van der Waals surface area contributed by atoms with Crippen molar-refractivity contribution in [2.75, 3.05) is 7.11 Å². The van der Waals surface area contributed by atoms with Gasteiger partial charge in [0.05, 0.1) is 15.9 Å². The van der Waals surface area contributed by atoms with E-state index in [9.17, 15) is 0 Å². The summed E-state index contributed by atoms with van der Waals surface area (Å²) in [7, 11) is -0.361. The van der Waals surface area contributed by atoms with E-state index in [2.05, 4.69) is 49.5 Å². The minimum Gasteiger partial charge on any atom is -0.481 e. The fraction of sp³-hybridized carbons (Fsp3) is 0.417. The van der Waals surface area contributed by atoms with Crippen molar-refractivity contribution in [3.8, 4) is 5.88 Å². The van der Waals surface area contributed by atoms with E-state index in [0.717, 1.165) is 5.88 Å². The molecular formula is C12H20NOSi2. The first-order chi connectivity index (χ1) is 7.42. The maximum atomic E-state index is 5.31. The number of ether oxygens (including phenoxy) is 1. The van der Waals surface area contributed by atoms with Crippen molar-refractivity contribution in [3.05, 3.63) is 24.5 Å². The normalized spacial score (nSPS) is 11.6. The molecule has 87 valence electrons. The molecule has 0 atom stereocenters. The summed E-state index contributed by atoms with van der Waals surface area (Å²) in [6.45, 7) is 13.0. The smallest absolute Gasteiger partial charge is 0.211 e. The highest BCUT2D eigenvalue weighted by atomic mass is 28.3. The van der Waals surface area contributed by atoms with E-state index in [-0.39, 0.29) is 0 Å². The van der Waals surface area contributed by atoms with Gasteiger partial charge in [0.2, 0.25) is 5.88 Å². The van der Waals surface area contributed by atoms with Gasteiger partial charge in [-0.15, -0.1) is 6.58 Å². The molecule has 0 aliphatic heterocycles. The first-order valence-corrected chi connectivity index (χ1v) is 11.0. The van der Waals surface area contributed by atoms with Gasteiger partial charge in [-0.05, 0) is 10.4 Å². The lowest BCUT2D eigenvalue weighted by atomic mass is 10.5. The molecule has 0 aliphatic rings. The van der Waals surface area contributed by atoms with Crippen molar-refractivity contribution in [1.29, 1.82) is 0 Å². The van der Waals surface area contributed by atoms with Crippen LogP contribution >= 0.6 is 0 Å². The Morgan fingerprint density at radius 2 is 2.06 bits per heavy atom. The molecule has 1 heterocycles. The van der Waals surface area contributed by atoms with Gasteiger partial charge in [-0.2, -0.15) is 0 Å². The zero-order valence-electron chi connectivity index (χ0n) is 10.8. The Labute approximate surface area is 101 Å². The Balaban J connectivity index is 3.27. The molecule has 0 spiro atoms. The fourth-order valence-corrected chi connectivity index (χ4v) is 3.78. The van der Waals surface area contributed by atoms with Gasteiger partial charge in [-0.1, -0.05) is 38.0 Å². The van der Waals surface area contributed by atoms with Gasteiger partial charge in [0, 0.05) is 6.20 Å². The average Bonchev–Trinajstić information content (AvgIpc) is 2.28. The Hall–Kier alpha value is -0.876. The van der Waals surface area contributed by atoms with E-state index in [0.29, 0.717) is 0 Å². The Bertz CT molecular complexity index is 389. The van der Waals surface area contributed by atoms with Crippen LogP contribution in [0, 0.1) is 0 Å². The maximum absolute atomic E-state index is 5.31. The predicted octanol–water partition coefficient (Wildman–Crippen LogP) is 1.69. The molecule has 1 rings (SSSR count). The number of methoxy groups -OCH3 is 1. The number of hydrogen-bond acceptors (Lipinski definition) is 2. The summed E-state index contributed by atoms with van der Waals surface area (Å²) >= 11 is 0. The zero-order chi connectivity index (χ0) is 12.3. The number of pyridine rings is 1. The van der Waals surface area contributed by atoms with Crippen LogP contribution in [0.3, 0.4) is 0 Å². The highest BCUT2D eigenvalue weighted by molar-refractivity contribution is 6.94. The van der Waals surface area contributed by atoms with Crippen LogP contribution < -0.4 is 15.1 Å². The van der Waals surface area contributed by atoms with Gasteiger partial charge in [0.25, 0.3) is 0 Å². The zero-order valence-corrected chi connectivity index (χ0v) is 12.8. The molecule has 0 aromatic carbocycles. The second kappa shape index (κ2) is 4.97. The third-order valence-corrected chi connectivity index (χ3v) is 7.06. The molecule has 0 saturated carbocycles. The lowest BCUT2D eigenvalue weighted by Gasteiger charge is -2.20. The molecule has 16 heavy (non-hydrogen) atoms. The van der Waals surface area contributed by atoms with Crippen molar-refractivity contribution >= 4 is 27.2 Å². The van der Waals surface area contributed by atoms with E-state index in [1.165, 1.54) is 10.4 Å². The highest BCUT2D eigenvalue weighted by Crippen LogP contribution is 2.07. The van der Waals surface area contributed by atoms with Crippen LogP contribution in [0.2, 0.25) is 26.2 Å².